The summed E-state index contributed by atoms with van der Waals surface area (Å²) in [6.45, 7) is 6.04. The number of sulfone groups is 1. The van der Waals surface area contributed by atoms with E-state index in [0.29, 0.717) is 29.0 Å². The second-order valence-electron chi connectivity index (χ2n) is 9.58. The van der Waals surface area contributed by atoms with Crippen LogP contribution in [0.5, 0.6) is 5.88 Å². The lowest BCUT2D eigenvalue weighted by Gasteiger charge is -2.22. The summed E-state index contributed by atoms with van der Waals surface area (Å²) in [5, 5.41) is 7.97. The molecule has 0 radical (unpaired) electrons. The molecule has 1 aliphatic heterocycles. The number of nitrogens with zero attached hydrogens (tertiary/aromatic N) is 6. The molecule has 11 nitrogen and oxygen atoms in total. The Morgan fingerprint density at radius 1 is 1.22 bits per heavy atom. The topological polar surface area (TPSA) is 131 Å². The molecule has 0 saturated carbocycles. The highest BCUT2D eigenvalue weighted by atomic mass is 35.5. The summed E-state index contributed by atoms with van der Waals surface area (Å²) >= 11 is 5.89. The van der Waals surface area contributed by atoms with Gasteiger partial charge in [-0.2, -0.15) is 0 Å². The molecule has 13 heteroatoms. The molecule has 0 unspecified atom stereocenters. The van der Waals surface area contributed by atoms with Crippen molar-refractivity contribution in [1.29, 1.82) is 0 Å². The zero-order chi connectivity index (χ0) is 26.8. The number of halogens is 1. The first kappa shape index (κ1) is 27.4. The number of ether oxygens (including phenoxy) is 3. The molecule has 0 N–H and O–H groups in total. The van der Waals surface area contributed by atoms with E-state index >= 15 is 0 Å². The highest BCUT2D eigenvalue weighted by Gasteiger charge is 2.36. The van der Waals surface area contributed by atoms with Gasteiger partial charge in [-0.3, -0.25) is 0 Å². The smallest absolute Gasteiger partial charge is 0.213 e. The second-order valence-corrected chi connectivity index (χ2v) is 12.4. The summed E-state index contributed by atoms with van der Waals surface area (Å²) in [7, 11) is -0.842. The third-order valence-corrected chi connectivity index (χ3v) is 8.64. The lowest BCUT2D eigenvalue weighted by Crippen LogP contribution is -2.30. The zero-order valence-corrected chi connectivity index (χ0v) is 23.0. The van der Waals surface area contributed by atoms with Crippen molar-refractivity contribution in [2.75, 3.05) is 14.2 Å². The Bertz CT molecular complexity index is 1330. The molecule has 0 bridgehead atoms. The van der Waals surface area contributed by atoms with Crippen LogP contribution in [0.15, 0.2) is 30.6 Å². The predicted molar refractivity (Wildman–Crippen MR) is 137 cm³/mol. The minimum absolute atomic E-state index is 0.122. The molecule has 3 atom stereocenters. The number of hydrogen-bond donors (Lipinski definition) is 0. The molecule has 1 saturated heterocycles. The number of aromatic nitrogens is 6. The Hall–Kier alpha value is -2.67. The molecule has 3 aromatic heterocycles. The summed E-state index contributed by atoms with van der Waals surface area (Å²) < 4.78 is 45.9. The summed E-state index contributed by atoms with van der Waals surface area (Å²) in [5.74, 6) is 1.00. The minimum atomic E-state index is -3.79. The number of rotatable bonds is 10. The lowest BCUT2D eigenvalue weighted by molar-refractivity contribution is -0.0218. The van der Waals surface area contributed by atoms with Crippen molar-refractivity contribution in [2.24, 2.45) is 0 Å². The highest BCUT2D eigenvalue weighted by Crippen LogP contribution is 2.32. The van der Waals surface area contributed by atoms with Crippen LogP contribution in [-0.2, 0) is 31.6 Å². The van der Waals surface area contributed by atoms with Crippen LogP contribution in [-0.4, -0.2) is 69.3 Å². The summed E-state index contributed by atoms with van der Waals surface area (Å²) in [6.07, 6.45) is 3.53. The molecule has 0 aromatic carbocycles. The van der Waals surface area contributed by atoms with Gasteiger partial charge in [-0.1, -0.05) is 17.7 Å². The van der Waals surface area contributed by atoms with Gasteiger partial charge in [0.05, 0.1) is 35.6 Å². The molecular formula is C24H31ClN6O5S. The van der Waals surface area contributed by atoms with Crippen LogP contribution in [0.1, 0.15) is 51.4 Å². The third-order valence-electron chi connectivity index (χ3n) is 6.40. The summed E-state index contributed by atoms with van der Waals surface area (Å²) in [4.78, 5) is 12.8. The molecule has 0 amide bonds. The third kappa shape index (κ3) is 6.25. The molecule has 1 aliphatic rings. The van der Waals surface area contributed by atoms with Gasteiger partial charge in [0, 0.05) is 25.6 Å². The van der Waals surface area contributed by atoms with Crippen LogP contribution >= 0.6 is 11.6 Å². The van der Waals surface area contributed by atoms with Gasteiger partial charge in [-0.05, 0) is 39.7 Å². The quantitative estimate of drug-likeness (QED) is 0.370. The normalized spacial score (nSPS) is 19.0. The maximum absolute atomic E-state index is 13.6. The molecule has 4 heterocycles. The van der Waals surface area contributed by atoms with Gasteiger partial charge in [-0.15, -0.1) is 10.2 Å². The van der Waals surface area contributed by atoms with E-state index in [4.69, 9.17) is 25.8 Å². The van der Waals surface area contributed by atoms with Crippen LogP contribution in [0.25, 0.3) is 11.5 Å². The first-order chi connectivity index (χ1) is 17.5. The number of methoxy groups -OCH3 is 2. The SMILES string of the molecule is COc1cccc(-c2nnc(CS(=O)(=O)[C@@H](C)[C@H](OC)c3ncc(Cl)cn3)n2C[C@H]2CCC(C)(C)O2)n1. The second kappa shape index (κ2) is 11.0. The van der Waals surface area contributed by atoms with E-state index in [1.54, 1.807) is 29.7 Å². The Balaban J connectivity index is 1.67. The number of hydrogen-bond acceptors (Lipinski definition) is 10. The van der Waals surface area contributed by atoms with E-state index in [-0.39, 0.29) is 29.1 Å². The van der Waals surface area contributed by atoms with E-state index in [1.165, 1.54) is 26.6 Å². The molecule has 37 heavy (non-hydrogen) atoms. The lowest BCUT2D eigenvalue weighted by atomic mass is 10.1. The Labute approximate surface area is 221 Å². The van der Waals surface area contributed by atoms with E-state index in [2.05, 4.69) is 25.1 Å². The average molecular weight is 551 g/mol. The highest BCUT2D eigenvalue weighted by molar-refractivity contribution is 7.91. The largest absolute Gasteiger partial charge is 0.481 e. The fourth-order valence-corrected chi connectivity index (χ4v) is 5.91. The van der Waals surface area contributed by atoms with Gasteiger partial charge in [0.2, 0.25) is 5.88 Å². The van der Waals surface area contributed by atoms with E-state index < -0.39 is 21.2 Å². The van der Waals surface area contributed by atoms with Crippen molar-refractivity contribution < 1.29 is 22.6 Å². The Kier molecular flexibility index (Phi) is 8.12. The predicted octanol–water partition coefficient (Wildman–Crippen LogP) is 3.44. The molecule has 0 spiro atoms. The average Bonchev–Trinajstić information content (AvgIpc) is 3.42. The van der Waals surface area contributed by atoms with Crippen molar-refractivity contribution in [3.05, 3.63) is 47.3 Å². The molecule has 0 aliphatic carbocycles. The maximum Gasteiger partial charge on any atom is 0.213 e. The molecule has 200 valence electrons. The molecule has 1 fully saturated rings. The molecular weight excluding hydrogens is 520 g/mol. The summed E-state index contributed by atoms with van der Waals surface area (Å²) in [5.41, 5.74) is 0.267. The van der Waals surface area contributed by atoms with Crippen molar-refractivity contribution >= 4 is 21.4 Å². The summed E-state index contributed by atoms with van der Waals surface area (Å²) in [6, 6.07) is 5.30. The van der Waals surface area contributed by atoms with E-state index in [9.17, 15) is 8.42 Å². The molecule has 4 rings (SSSR count). The first-order valence-electron chi connectivity index (χ1n) is 11.9. The number of pyridine rings is 1. The standard InChI is InChI=1S/C24H31ClN6O5S/c1-15(21(35-5)22-26-11-16(25)12-27-22)37(32,33)14-19-29-30-23(18-7-6-8-20(28-18)34-4)31(19)13-17-9-10-24(2,3)36-17/h6-8,11-12,15,17,21H,9-10,13-14H2,1-5H3/t15-,17+,21-/m0/s1. The van der Waals surface area contributed by atoms with Crippen molar-refractivity contribution in [3.63, 3.8) is 0 Å². The maximum atomic E-state index is 13.6. The van der Waals surface area contributed by atoms with E-state index in [0.717, 1.165) is 12.8 Å². The first-order valence-corrected chi connectivity index (χ1v) is 14.0. The fraction of sp³-hybridized carbons (Fsp3) is 0.542. The fourth-order valence-electron chi connectivity index (χ4n) is 4.36. The van der Waals surface area contributed by atoms with Crippen LogP contribution in [0.3, 0.4) is 0 Å². The Morgan fingerprint density at radius 2 is 1.95 bits per heavy atom. The minimum Gasteiger partial charge on any atom is -0.481 e. The van der Waals surface area contributed by atoms with Gasteiger partial charge in [-0.25, -0.2) is 23.4 Å². The van der Waals surface area contributed by atoms with Gasteiger partial charge in [0.25, 0.3) is 0 Å². The van der Waals surface area contributed by atoms with Crippen molar-refractivity contribution in [1.82, 2.24) is 29.7 Å². The molecule has 3 aromatic rings. The monoisotopic (exact) mass is 550 g/mol. The van der Waals surface area contributed by atoms with Crippen LogP contribution in [0.4, 0.5) is 0 Å². The van der Waals surface area contributed by atoms with Crippen LogP contribution in [0, 0.1) is 0 Å². The van der Waals surface area contributed by atoms with E-state index in [1.807, 2.05) is 13.8 Å². The van der Waals surface area contributed by atoms with Crippen LogP contribution < -0.4 is 4.74 Å². The van der Waals surface area contributed by atoms with Crippen LogP contribution in [0.2, 0.25) is 5.02 Å². The van der Waals surface area contributed by atoms with Crippen molar-refractivity contribution in [2.45, 2.75) is 69.0 Å². The van der Waals surface area contributed by atoms with Gasteiger partial charge >= 0.3 is 0 Å². The Morgan fingerprint density at radius 3 is 2.57 bits per heavy atom. The van der Waals surface area contributed by atoms with Gasteiger partial charge < -0.3 is 18.8 Å². The zero-order valence-electron chi connectivity index (χ0n) is 21.5. The van der Waals surface area contributed by atoms with Gasteiger partial charge in [0.1, 0.15) is 23.4 Å². The van der Waals surface area contributed by atoms with Gasteiger partial charge in [0.15, 0.2) is 21.5 Å². The van der Waals surface area contributed by atoms with Crippen molar-refractivity contribution in [3.8, 4) is 17.4 Å².